The summed E-state index contributed by atoms with van der Waals surface area (Å²) >= 11 is 0. The van der Waals surface area contributed by atoms with Gasteiger partial charge < -0.3 is 9.57 Å². The Morgan fingerprint density at radius 3 is 2.52 bits per heavy atom. The molecule has 138 valence electrons. The molecule has 0 saturated carbocycles. The molecule has 0 amide bonds. The van der Waals surface area contributed by atoms with Gasteiger partial charge in [-0.2, -0.15) is 13.2 Å². The van der Waals surface area contributed by atoms with Crippen LogP contribution in [0.3, 0.4) is 0 Å². The van der Waals surface area contributed by atoms with Crippen molar-refractivity contribution in [3.05, 3.63) is 35.4 Å². The van der Waals surface area contributed by atoms with Gasteiger partial charge in [0.15, 0.2) is 0 Å². The summed E-state index contributed by atoms with van der Waals surface area (Å²) in [6, 6.07) is 6.40. The predicted molar refractivity (Wildman–Crippen MR) is 87.7 cm³/mol. The number of alkyl halides is 3. The molecule has 0 fully saturated rings. The smallest absolute Gasteiger partial charge is 0.430 e. The zero-order valence-electron chi connectivity index (χ0n) is 14.7. The van der Waals surface area contributed by atoms with Gasteiger partial charge in [-0.3, -0.25) is 0 Å². The van der Waals surface area contributed by atoms with Gasteiger partial charge in [0.05, 0.1) is 5.57 Å². The number of benzene rings is 1. The first-order chi connectivity index (χ1) is 11.6. The van der Waals surface area contributed by atoms with Crippen LogP contribution in [0.5, 0.6) is 5.75 Å². The molecular formula is C18H22F3NO3. The summed E-state index contributed by atoms with van der Waals surface area (Å²) in [7, 11) is 1.52. The molecule has 0 saturated heterocycles. The Morgan fingerprint density at radius 2 is 1.96 bits per heavy atom. The van der Waals surface area contributed by atoms with E-state index in [-0.39, 0.29) is 18.1 Å². The summed E-state index contributed by atoms with van der Waals surface area (Å²) in [5.41, 5.74) is 0.306. The number of halogens is 3. The molecule has 0 spiro atoms. The van der Waals surface area contributed by atoms with Gasteiger partial charge >= 0.3 is 12.1 Å². The molecule has 25 heavy (non-hydrogen) atoms. The van der Waals surface area contributed by atoms with Crippen LogP contribution in [-0.2, 0) is 9.63 Å². The quantitative estimate of drug-likeness (QED) is 0.740. The molecule has 1 atom stereocenters. The molecule has 0 N–H and O–H groups in total. The fourth-order valence-corrected chi connectivity index (χ4v) is 2.89. The predicted octanol–water partition coefficient (Wildman–Crippen LogP) is 4.22. The molecule has 1 aliphatic heterocycles. The molecule has 1 heterocycles. The zero-order valence-corrected chi connectivity index (χ0v) is 14.7. The highest BCUT2D eigenvalue weighted by atomic mass is 19.4. The van der Waals surface area contributed by atoms with Crippen molar-refractivity contribution < 1.29 is 27.5 Å². The number of para-hydroxylation sites is 1. The van der Waals surface area contributed by atoms with E-state index in [4.69, 9.17) is 9.57 Å². The second kappa shape index (κ2) is 7.47. The standard InChI is InChI=1S/C18H22F3NO3/c1-5-12-13-8-6-7-9-14(13)24-16(18(19,20)21)15(12)17(23)25-22(4)10-11(2)3/h6-9,11,16H,5,10H2,1-4H3. The van der Waals surface area contributed by atoms with Crippen molar-refractivity contribution in [2.24, 2.45) is 5.92 Å². The molecule has 0 radical (unpaired) electrons. The van der Waals surface area contributed by atoms with Crippen LogP contribution in [0.1, 0.15) is 32.8 Å². The number of allylic oxidation sites excluding steroid dienone is 1. The SMILES string of the molecule is CCC1=C(C(=O)ON(C)CC(C)C)C(C(F)(F)F)Oc2ccccc21. The third-order valence-corrected chi connectivity index (χ3v) is 3.78. The highest BCUT2D eigenvalue weighted by Crippen LogP contribution is 2.42. The van der Waals surface area contributed by atoms with Crippen molar-refractivity contribution in [3.8, 4) is 5.75 Å². The van der Waals surface area contributed by atoms with E-state index >= 15 is 0 Å². The Morgan fingerprint density at radius 1 is 1.32 bits per heavy atom. The van der Waals surface area contributed by atoms with Gasteiger partial charge in [-0.15, -0.1) is 5.06 Å². The molecule has 4 nitrogen and oxygen atoms in total. The number of nitrogens with zero attached hydrogens (tertiary/aromatic N) is 1. The molecule has 1 unspecified atom stereocenters. The molecule has 1 aromatic carbocycles. The topological polar surface area (TPSA) is 38.8 Å². The minimum Gasteiger partial charge on any atom is -0.475 e. The first-order valence-corrected chi connectivity index (χ1v) is 8.14. The molecule has 2 rings (SSSR count). The second-order valence-corrected chi connectivity index (χ2v) is 6.36. The van der Waals surface area contributed by atoms with Crippen molar-refractivity contribution in [1.82, 2.24) is 5.06 Å². The van der Waals surface area contributed by atoms with Gasteiger partial charge in [-0.1, -0.05) is 39.0 Å². The monoisotopic (exact) mass is 357 g/mol. The van der Waals surface area contributed by atoms with Crippen LogP contribution >= 0.6 is 0 Å². The number of rotatable bonds is 5. The van der Waals surface area contributed by atoms with E-state index in [0.717, 1.165) is 0 Å². The average molecular weight is 357 g/mol. The third-order valence-electron chi connectivity index (χ3n) is 3.78. The molecule has 1 aromatic rings. The van der Waals surface area contributed by atoms with E-state index in [2.05, 4.69) is 0 Å². The second-order valence-electron chi connectivity index (χ2n) is 6.36. The van der Waals surface area contributed by atoms with E-state index in [1.165, 1.54) is 18.2 Å². The van der Waals surface area contributed by atoms with Crippen molar-refractivity contribution in [3.63, 3.8) is 0 Å². The zero-order chi connectivity index (χ0) is 18.8. The highest BCUT2D eigenvalue weighted by molar-refractivity contribution is 6.00. The van der Waals surface area contributed by atoms with Crippen LogP contribution in [0, 0.1) is 5.92 Å². The maximum absolute atomic E-state index is 13.5. The van der Waals surface area contributed by atoms with E-state index in [1.807, 2.05) is 13.8 Å². The van der Waals surface area contributed by atoms with Gasteiger partial charge in [-0.05, 0) is 24.0 Å². The van der Waals surface area contributed by atoms with E-state index in [0.29, 0.717) is 17.7 Å². The van der Waals surface area contributed by atoms with Crippen molar-refractivity contribution >= 4 is 11.5 Å². The summed E-state index contributed by atoms with van der Waals surface area (Å²) in [6.07, 6.45) is -6.80. The molecule has 0 aliphatic carbocycles. The van der Waals surface area contributed by atoms with Gasteiger partial charge in [0, 0.05) is 19.2 Å². The Kier molecular flexibility index (Phi) is 5.77. The van der Waals surface area contributed by atoms with Crippen LogP contribution in [0.25, 0.3) is 5.57 Å². The van der Waals surface area contributed by atoms with Crippen molar-refractivity contribution in [2.75, 3.05) is 13.6 Å². The fraction of sp³-hybridized carbons (Fsp3) is 0.500. The first-order valence-electron chi connectivity index (χ1n) is 8.14. The average Bonchev–Trinajstić information content (AvgIpc) is 2.51. The number of fused-ring (bicyclic) bond motifs is 1. The molecule has 1 aliphatic rings. The van der Waals surface area contributed by atoms with E-state index in [1.54, 1.807) is 25.1 Å². The number of ether oxygens (including phenoxy) is 1. The Hall–Kier alpha value is -2.02. The summed E-state index contributed by atoms with van der Waals surface area (Å²) < 4.78 is 45.7. The Bertz CT molecular complexity index is 668. The van der Waals surface area contributed by atoms with Gasteiger partial charge in [-0.25, -0.2) is 4.79 Å². The summed E-state index contributed by atoms with van der Waals surface area (Å²) in [4.78, 5) is 17.7. The minimum atomic E-state index is -4.72. The van der Waals surface area contributed by atoms with Crippen LogP contribution < -0.4 is 4.74 Å². The highest BCUT2D eigenvalue weighted by Gasteiger charge is 2.50. The lowest BCUT2D eigenvalue weighted by Gasteiger charge is -2.31. The Labute approximate surface area is 145 Å². The lowest BCUT2D eigenvalue weighted by atomic mass is 9.91. The van der Waals surface area contributed by atoms with Crippen molar-refractivity contribution in [1.29, 1.82) is 0 Å². The minimum absolute atomic E-state index is 0.119. The van der Waals surface area contributed by atoms with E-state index in [9.17, 15) is 18.0 Å². The van der Waals surface area contributed by atoms with Crippen molar-refractivity contribution in [2.45, 2.75) is 39.5 Å². The largest absolute Gasteiger partial charge is 0.475 e. The normalized spacial score (nSPS) is 17.6. The number of carbonyl (C=O) groups excluding carboxylic acids is 1. The fourth-order valence-electron chi connectivity index (χ4n) is 2.89. The Balaban J connectivity index is 2.47. The van der Waals surface area contributed by atoms with Crippen LogP contribution in [0.2, 0.25) is 0 Å². The lowest BCUT2D eigenvalue weighted by molar-refractivity contribution is -0.199. The van der Waals surface area contributed by atoms with Gasteiger partial charge in [0.1, 0.15) is 5.75 Å². The third kappa shape index (κ3) is 4.34. The number of hydroxylamine groups is 2. The molecule has 7 heteroatoms. The number of hydrogen-bond donors (Lipinski definition) is 0. The molecular weight excluding hydrogens is 335 g/mol. The lowest BCUT2D eigenvalue weighted by Crippen LogP contribution is -2.43. The number of hydrogen-bond acceptors (Lipinski definition) is 4. The molecule has 0 bridgehead atoms. The van der Waals surface area contributed by atoms with Crippen LogP contribution in [0.4, 0.5) is 13.2 Å². The maximum Gasteiger partial charge on any atom is 0.430 e. The van der Waals surface area contributed by atoms with Gasteiger partial charge in [0.25, 0.3) is 0 Å². The molecule has 0 aromatic heterocycles. The van der Waals surface area contributed by atoms with Gasteiger partial charge in [0.2, 0.25) is 6.10 Å². The summed E-state index contributed by atoms with van der Waals surface area (Å²) in [5.74, 6) is -0.718. The summed E-state index contributed by atoms with van der Waals surface area (Å²) in [5, 5.41) is 1.25. The van der Waals surface area contributed by atoms with E-state index < -0.39 is 23.8 Å². The van der Waals surface area contributed by atoms with Crippen LogP contribution in [-0.4, -0.2) is 36.9 Å². The first kappa shape index (κ1) is 19.3. The van der Waals surface area contributed by atoms with Crippen LogP contribution in [0.15, 0.2) is 29.8 Å². The summed E-state index contributed by atoms with van der Waals surface area (Å²) in [6.45, 7) is 5.95. The number of carbonyl (C=O) groups is 1. The maximum atomic E-state index is 13.5.